The second-order valence-electron chi connectivity index (χ2n) is 11.3. The molecule has 0 aliphatic carbocycles. The molecule has 0 aromatic heterocycles. The summed E-state index contributed by atoms with van der Waals surface area (Å²) in [7, 11) is -4.24. The van der Waals surface area contributed by atoms with Gasteiger partial charge in [-0.1, -0.05) is 97.4 Å². The van der Waals surface area contributed by atoms with Crippen LogP contribution in [0.2, 0.25) is 0 Å². The van der Waals surface area contributed by atoms with Crippen molar-refractivity contribution in [2.45, 2.75) is 64.1 Å². The summed E-state index contributed by atoms with van der Waals surface area (Å²) in [4.78, 5) is 30.1. The standard InChI is InChI=1S/C37H43N3O5S/c1-5-29(4)38-37(42)34(25-30-15-9-7-10-16-30)39(26-31-17-11-8-12-18-31)36(41)27-40(33-19-13-14-20-35(33)45-6-2)46(43,44)32-23-21-28(3)22-24-32/h7-24,29,34H,5-6,25-27H2,1-4H3,(H,38,42)/t29-,34-/m1/s1. The summed E-state index contributed by atoms with van der Waals surface area (Å²) in [5, 5.41) is 3.06. The molecule has 0 heterocycles. The first kappa shape index (κ1) is 34.2. The first-order chi connectivity index (χ1) is 22.1. The van der Waals surface area contributed by atoms with Gasteiger partial charge in [-0.05, 0) is 62.6 Å². The van der Waals surface area contributed by atoms with Gasteiger partial charge in [0.05, 0.1) is 17.2 Å². The van der Waals surface area contributed by atoms with E-state index in [1.807, 2.05) is 88.4 Å². The second-order valence-corrected chi connectivity index (χ2v) is 13.1. The van der Waals surface area contributed by atoms with Crippen LogP contribution in [-0.4, -0.2) is 50.4 Å². The molecule has 0 unspecified atom stereocenters. The van der Waals surface area contributed by atoms with Gasteiger partial charge in [0.25, 0.3) is 10.0 Å². The van der Waals surface area contributed by atoms with Gasteiger partial charge in [-0.15, -0.1) is 0 Å². The Hall–Kier alpha value is -4.63. The summed E-state index contributed by atoms with van der Waals surface area (Å²) in [5.74, 6) is -0.491. The summed E-state index contributed by atoms with van der Waals surface area (Å²) in [6.07, 6.45) is 0.967. The average Bonchev–Trinajstić information content (AvgIpc) is 3.06. The maximum atomic E-state index is 14.6. The molecule has 46 heavy (non-hydrogen) atoms. The second kappa shape index (κ2) is 16.1. The number of rotatable bonds is 15. The van der Waals surface area contributed by atoms with E-state index in [9.17, 15) is 18.0 Å². The van der Waals surface area contributed by atoms with E-state index < -0.39 is 28.5 Å². The van der Waals surface area contributed by atoms with E-state index in [4.69, 9.17) is 4.74 Å². The van der Waals surface area contributed by atoms with E-state index in [-0.39, 0.29) is 35.5 Å². The zero-order chi connectivity index (χ0) is 33.1. The Bertz CT molecular complexity index is 1680. The van der Waals surface area contributed by atoms with Crippen molar-refractivity contribution in [3.8, 4) is 5.75 Å². The van der Waals surface area contributed by atoms with Crippen LogP contribution in [0.3, 0.4) is 0 Å². The fourth-order valence-electron chi connectivity index (χ4n) is 5.07. The van der Waals surface area contributed by atoms with Crippen LogP contribution in [0.15, 0.2) is 114 Å². The molecule has 4 aromatic carbocycles. The minimum atomic E-state index is -4.24. The Labute approximate surface area is 273 Å². The van der Waals surface area contributed by atoms with Gasteiger partial charge in [0, 0.05) is 19.0 Å². The van der Waals surface area contributed by atoms with E-state index in [0.29, 0.717) is 18.8 Å². The number of amides is 2. The van der Waals surface area contributed by atoms with Crippen molar-refractivity contribution in [2.75, 3.05) is 17.5 Å². The van der Waals surface area contributed by atoms with Crippen molar-refractivity contribution in [1.29, 1.82) is 0 Å². The lowest BCUT2D eigenvalue weighted by atomic mass is 10.0. The van der Waals surface area contributed by atoms with Gasteiger partial charge in [0.1, 0.15) is 18.3 Å². The van der Waals surface area contributed by atoms with Crippen LogP contribution in [0.4, 0.5) is 5.69 Å². The third-order valence-corrected chi connectivity index (χ3v) is 9.56. The number of benzene rings is 4. The number of carbonyl (C=O) groups excluding carboxylic acids is 2. The first-order valence-corrected chi connectivity index (χ1v) is 17.1. The highest BCUT2D eigenvalue weighted by molar-refractivity contribution is 7.92. The van der Waals surface area contributed by atoms with Crippen molar-refractivity contribution < 1.29 is 22.7 Å². The van der Waals surface area contributed by atoms with E-state index in [1.54, 1.807) is 36.4 Å². The zero-order valence-electron chi connectivity index (χ0n) is 26.9. The number of hydrogen-bond donors (Lipinski definition) is 1. The molecule has 4 aromatic rings. The number of ether oxygens (including phenoxy) is 1. The van der Waals surface area contributed by atoms with Gasteiger partial charge in [-0.3, -0.25) is 13.9 Å². The molecule has 8 nitrogen and oxygen atoms in total. The predicted molar refractivity (Wildman–Crippen MR) is 182 cm³/mol. The van der Waals surface area contributed by atoms with Crippen LogP contribution in [0.5, 0.6) is 5.75 Å². The van der Waals surface area contributed by atoms with Crippen LogP contribution in [0.1, 0.15) is 43.9 Å². The minimum absolute atomic E-state index is 0.0437. The van der Waals surface area contributed by atoms with Crippen molar-refractivity contribution >= 4 is 27.5 Å². The van der Waals surface area contributed by atoms with Gasteiger partial charge in [-0.25, -0.2) is 8.42 Å². The highest BCUT2D eigenvalue weighted by Crippen LogP contribution is 2.33. The van der Waals surface area contributed by atoms with Gasteiger partial charge < -0.3 is 15.0 Å². The monoisotopic (exact) mass is 641 g/mol. The summed E-state index contributed by atoms with van der Waals surface area (Å²) < 4.78 is 35.6. The Morgan fingerprint density at radius 3 is 2.00 bits per heavy atom. The Morgan fingerprint density at radius 2 is 1.39 bits per heavy atom. The number of aryl methyl sites for hydroxylation is 1. The molecule has 9 heteroatoms. The highest BCUT2D eigenvalue weighted by atomic mass is 32.2. The molecule has 0 aliphatic heterocycles. The summed E-state index contributed by atoms with van der Waals surface area (Å²) in [5.41, 5.74) is 2.83. The third-order valence-electron chi connectivity index (χ3n) is 7.79. The van der Waals surface area contributed by atoms with Gasteiger partial charge in [0.2, 0.25) is 11.8 Å². The number of carbonyl (C=O) groups is 2. The molecule has 0 radical (unpaired) electrons. The van der Waals surface area contributed by atoms with E-state index in [1.165, 1.54) is 17.0 Å². The molecule has 0 fully saturated rings. The van der Waals surface area contributed by atoms with E-state index in [2.05, 4.69) is 5.32 Å². The molecule has 2 atom stereocenters. The topological polar surface area (TPSA) is 96.0 Å². The number of nitrogens with zero attached hydrogens (tertiary/aromatic N) is 2. The molecule has 0 saturated carbocycles. The first-order valence-electron chi connectivity index (χ1n) is 15.6. The van der Waals surface area contributed by atoms with Crippen molar-refractivity contribution in [2.24, 2.45) is 0 Å². The lowest BCUT2D eigenvalue weighted by molar-refractivity contribution is -0.140. The van der Waals surface area contributed by atoms with Gasteiger partial charge in [-0.2, -0.15) is 0 Å². The number of nitrogens with one attached hydrogen (secondary N) is 1. The SMILES string of the molecule is CCOc1ccccc1N(CC(=O)N(Cc1ccccc1)[C@H](Cc1ccccc1)C(=O)N[C@H](C)CC)S(=O)(=O)c1ccc(C)cc1. The van der Waals surface area contributed by atoms with Crippen LogP contribution in [-0.2, 0) is 32.6 Å². The Morgan fingerprint density at radius 1 is 0.804 bits per heavy atom. The number of hydrogen-bond acceptors (Lipinski definition) is 5. The molecule has 4 rings (SSSR count). The number of anilines is 1. The van der Waals surface area contributed by atoms with Crippen LogP contribution >= 0.6 is 0 Å². The van der Waals surface area contributed by atoms with Crippen molar-refractivity contribution in [1.82, 2.24) is 10.2 Å². The molecule has 2 amide bonds. The molecule has 0 bridgehead atoms. The Kier molecular flexibility index (Phi) is 12.0. The van der Waals surface area contributed by atoms with Crippen molar-refractivity contribution in [3.63, 3.8) is 0 Å². The summed E-state index contributed by atoms with van der Waals surface area (Å²) in [6, 6.07) is 31.2. The van der Waals surface area contributed by atoms with E-state index >= 15 is 0 Å². The molecular formula is C37H43N3O5S. The number of para-hydroxylation sites is 2. The summed E-state index contributed by atoms with van der Waals surface area (Å²) >= 11 is 0. The van der Waals surface area contributed by atoms with Crippen LogP contribution < -0.4 is 14.4 Å². The molecule has 0 aliphatic rings. The Balaban J connectivity index is 1.83. The number of sulfonamides is 1. The molecule has 242 valence electrons. The summed E-state index contributed by atoms with van der Waals surface area (Å²) in [6.45, 7) is 7.45. The van der Waals surface area contributed by atoms with Crippen LogP contribution in [0.25, 0.3) is 0 Å². The fraction of sp³-hybridized carbons (Fsp3) is 0.297. The molecule has 0 saturated heterocycles. The largest absolute Gasteiger partial charge is 0.492 e. The average molecular weight is 642 g/mol. The lowest BCUT2D eigenvalue weighted by Gasteiger charge is -2.34. The smallest absolute Gasteiger partial charge is 0.264 e. The quantitative estimate of drug-likeness (QED) is 0.168. The van der Waals surface area contributed by atoms with Gasteiger partial charge in [0.15, 0.2) is 0 Å². The normalized spacial score (nSPS) is 12.5. The maximum absolute atomic E-state index is 14.6. The molecule has 1 N–H and O–H groups in total. The predicted octanol–water partition coefficient (Wildman–Crippen LogP) is 6.14. The molecular weight excluding hydrogens is 598 g/mol. The van der Waals surface area contributed by atoms with Crippen molar-refractivity contribution in [3.05, 3.63) is 126 Å². The third kappa shape index (κ3) is 8.75. The van der Waals surface area contributed by atoms with Gasteiger partial charge >= 0.3 is 0 Å². The lowest BCUT2D eigenvalue weighted by Crippen LogP contribution is -2.54. The van der Waals surface area contributed by atoms with Crippen LogP contribution in [0, 0.1) is 6.92 Å². The zero-order valence-corrected chi connectivity index (χ0v) is 27.7. The molecule has 0 spiro atoms. The maximum Gasteiger partial charge on any atom is 0.264 e. The minimum Gasteiger partial charge on any atom is -0.492 e. The van der Waals surface area contributed by atoms with E-state index in [0.717, 1.165) is 21.0 Å². The fourth-order valence-corrected chi connectivity index (χ4v) is 6.49. The highest BCUT2D eigenvalue weighted by Gasteiger charge is 2.35.